The molecule has 1 aliphatic rings. The van der Waals surface area contributed by atoms with Crippen LogP contribution in [0.5, 0.6) is 0 Å². The Hall–Kier alpha value is -0.950. The van der Waals surface area contributed by atoms with Gasteiger partial charge in [0.05, 0.1) is 0 Å². The van der Waals surface area contributed by atoms with Gasteiger partial charge < -0.3 is 10.6 Å². The van der Waals surface area contributed by atoms with E-state index in [9.17, 15) is 4.79 Å². The second-order valence-corrected chi connectivity index (χ2v) is 10.1. The van der Waals surface area contributed by atoms with Crippen LogP contribution in [0.3, 0.4) is 0 Å². The Balaban J connectivity index is 1.80. The summed E-state index contributed by atoms with van der Waals surface area (Å²) < 4.78 is 18.0. The predicted molar refractivity (Wildman–Crippen MR) is 123 cm³/mol. The summed E-state index contributed by atoms with van der Waals surface area (Å²) in [6.45, 7) is 3.45. The SMILES string of the molecule is CC(CC(=O)NCc1cc(Br)cc(Br)c1)(c1ccc(Cl)cc1)C1(F)CCNCC1. The van der Waals surface area contributed by atoms with E-state index >= 15 is 4.39 Å². The smallest absolute Gasteiger partial charge is 0.221 e. The van der Waals surface area contributed by atoms with Crippen molar-refractivity contribution in [3.63, 3.8) is 0 Å². The molecule has 3 nitrogen and oxygen atoms in total. The highest BCUT2D eigenvalue weighted by Gasteiger charge is 2.51. The first-order valence-corrected chi connectivity index (χ1v) is 11.6. The molecule has 7 heteroatoms. The van der Waals surface area contributed by atoms with E-state index in [1.54, 1.807) is 12.1 Å². The van der Waals surface area contributed by atoms with Crippen LogP contribution in [-0.4, -0.2) is 24.7 Å². The Morgan fingerprint density at radius 2 is 1.76 bits per heavy atom. The molecule has 0 aromatic heterocycles. The van der Waals surface area contributed by atoms with Crippen molar-refractivity contribution in [2.24, 2.45) is 0 Å². The largest absolute Gasteiger partial charge is 0.352 e. The van der Waals surface area contributed by atoms with Crippen LogP contribution in [0.25, 0.3) is 0 Å². The van der Waals surface area contributed by atoms with Crippen molar-refractivity contribution in [3.8, 4) is 0 Å². The standard InChI is InChI=1S/C22H24Br2ClFN2O/c1-21(16-2-4-19(25)5-3-16,22(26)6-8-27-9-7-22)13-20(29)28-14-15-10-17(23)12-18(24)11-15/h2-5,10-12,27H,6-9,13-14H2,1H3,(H,28,29). The van der Waals surface area contributed by atoms with Gasteiger partial charge in [-0.1, -0.05) is 62.5 Å². The van der Waals surface area contributed by atoms with Crippen molar-refractivity contribution in [2.75, 3.05) is 13.1 Å². The molecule has 1 unspecified atom stereocenters. The average molecular weight is 547 g/mol. The molecular weight excluding hydrogens is 523 g/mol. The van der Waals surface area contributed by atoms with Crippen LogP contribution in [0.2, 0.25) is 5.02 Å². The zero-order valence-electron chi connectivity index (χ0n) is 16.2. The highest BCUT2D eigenvalue weighted by Crippen LogP contribution is 2.46. The molecule has 0 radical (unpaired) electrons. The third-order valence-corrected chi connectivity index (χ3v) is 6.96. The van der Waals surface area contributed by atoms with Crippen molar-refractivity contribution >= 4 is 49.4 Å². The molecule has 2 N–H and O–H groups in total. The molecule has 1 amide bonds. The van der Waals surface area contributed by atoms with E-state index in [4.69, 9.17) is 11.6 Å². The number of nitrogens with one attached hydrogen (secondary N) is 2. The maximum atomic E-state index is 16.2. The van der Waals surface area contributed by atoms with Gasteiger partial charge in [-0.2, -0.15) is 0 Å². The zero-order valence-corrected chi connectivity index (χ0v) is 20.1. The third kappa shape index (κ3) is 5.40. The molecule has 1 saturated heterocycles. The molecule has 0 saturated carbocycles. The topological polar surface area (TPSA) is 41.1 Å². The molecule has 0 aliphatic carbocycles. The first kappa shape index (κ1) is 22.7. The highest BCUT2D eigenvalue weighted by molar-refractivity contribution is 9.11. The number of hydrogen-bond donors (Lipinski definition) is 2. The lowest BCUT2D eigenvalue weighted by Gasteiger charge is -2.45. The normalized spacial score (nSPS) is 18.1. The number of alkyl halides is 1. The molecule has 1 aliphatic heterocycles. The van der Waals surface area contributed by atoms with Crippen molar-refractivity contribution < 1.29 is 9.18 Å². The lowest BCUT2D eigenvalue weighted by molar-refractivity contribution is -0.124. The van der Waals surface area contributed by atoms with Gasteiger partial charge in [0.25, 0.3) is 0 Å². The Morgan fingerprint density at radius 1 is 1.17 bits per heavy atom. The van der Waals surface area contributed by atoms with Gasteiger partial charge in [0.1, 0.15) is 5.67 Å². The lowest BCUT2D eigenvalue weighted by atomic mass is 9.64. The van der Waals surface area contributed by atoms with Crippen LogP contribution in [0.15, 0.2) is 51.4 Å². The molecule has 29 heavy (non-hydrogen) atoms. The Morgan fingerprint density at radius 3 is 2.34 bits per heavy atom. The van der Waals surface area contributed by atoms with Gasteiger partial charge in [-0.15, -0.1) is 0 Å². The quantitative estimate of drug-likeness (QED) is 0.472. The van der Waals surface area contributed by atoms with E-state index < -0.39 is 11.1 Å². The van der Waals surface area contributed by atoms with Crippen LogP contribution in [0.4, 0.5) is 4.39 Å². The third-order valence-electron chi connectivity index (χ3n) is 5.79. The Kier molecular flexibility index (Phi) is 7.41. The van der Waals surface area contributed by atoms with Gasteiger partial charge in [-0.05, 0) is 67.4 Å². The summed E-state index contributed by atoms with van der Waals surface area (Å²) in [6, 6.07) is 13.0. The molecule has 1 atom stereocenters. The van der Waals surface area contributed by atoms with E-state index in [1.807, 2.05) is 37.3 Å². The van der Waals surface area contributed by atoms with E-state index in [0.717, 1.165) is 20.1 Å². The summed E-state index contributed by atoms with van der Waals surface area (Å²) in [6.07, 6.45) is 0.816. The first-order chi connectivity index (χ1) is 13.7. The van der Waals surface area contributed by atoms with Gasteiger partial charge in [0.15, 0.2) is 0 Å². The maximum absolute atomic E-state index is 16.2. The number of rotatable bonds is 6. The number of piperidine rings is 1. The molecule has 2 aromatic rings. The molecular formula is C22H24Br2ClFN2O. The fourth-order valence-electron chi connectivity index (χ4n) is 4.01. The zero-order chi connectivity index (χ0) is 21.1. The van der Waals surface area contributed by atoms with Crippen molar-refractivity contribution in [1.82, 2.24) is 10.6 Å². The summed E-state index contributed by atoms with van der Waals surface area (Å²) in [7, 11) is 0. The lowest BCUT2D eigenvalue weighted by Crippen LogP contribution is -2.54. The monoisotopic (exact) mass is 544 g/mol. The maximum Gasteiger partial charge on any atom is 0.221 e. The Bertz CT molecular complexity index is 851. The number of carbonyl (C=O) groups is 1. The predicted octanol–water partition coefficient (Wildman–Crippen LogP) is 5.92. The van der Waals surface area contributed by atoms with Crippen LogP contribution >= 0.6 is 43.5 Å². The highest BCUT2D eigenvalue weighted by atomic mass is 79.9. The number of carbonyl (C=O) groups excluding carboxylic acids is 1. The van der Waals surface area contributed by atoms with Gasteiger partial charge in [-0.25, -0.2) is 4.39 Å². The molecule has 1 heterocycles. The molecule has 1 fully saturated rings. The minimum absolute atomic E-state index is 0.0697. The van der Waals surface area contributed by atoms with E-state index in [-0.39, 0.29) is 12.3 Å². The van der Waals surface area contributed by atoms with E-state index in [2.05, 4.69) is 42.5 Å². The van der Waals surface area contributed by atoms with Crippen molar-refractivity contribution in [3.05, 3.63) is 67.6 Å². The molecule has 156 valence electrons. The Labute approximate surface area is 193 Å². The fraction of sp³-hybridized carbons (Fsp3) is 0.409. The second-order valence-electron chi connectivity index (χ2n) is 7.79. The summed E-state index contributed by atoms with van der Waals surface area (Å²) >= 11 is 13.0. The summed E-state index contributed by atoms with van der Waals surface area (Å²) in [5.74, 6) is -0.172. The van der Waals surface area contributed by atoms with Gasteiger partial charge in [0, 0.05) is 32.3 Å². The fourth-order valence-corrected chi connectivity index (χ4v) is 5.52. The minimum atomic E-state index is -1.47. The van der Waals surface area contributed by atoms with Crippen LogP contribution in [0.1, 0.15) is 37.3 Å². The van der Waals surface area contributed by atoms with Gasteiger partial charge >= 0.3 is 0 Å². The van der Waals surface area contributed by atoms with Crippen LogP contribution in [0, 0.1) is 0 Å². The second kappa shape index (κ2) is 9.46. The number of hydrogen-bond acceptors (Lipinski definition) is 2. The van der Waals surface area contributed by atoms with Crippen LogP contribution in [-0.2, 0) is 16.8 Å². The van der Waals surface area contributed by atoms with Gasteiger partial charge in [-0.3, -0.25) is 4.79 Å². The number of halogens is 4. The summed E-state index contributed by atoms with van der Waals surface area (Å²) in [5.41, 5.74) is -0.652. The number of amides is 1. The molecule has 0 spiro atoms. The van der Waals surface area contributed by atoms with Crippen LogP contribution < -0.4 is 10.6 Å². The number of benzene rings is 2. The van der Waals surface area contributed by atoms with Crippen molar-refractivity contribution in [2.45, 2.75) is 43.8 Å². The first-order valence-electron chi connectivity index (χ1n) is 9.59. The van der Waals surface area contributed by atoms with Gasteiger partial charge in [0.2, 0.25) is 5.91 Å². The summed E-state index contributed by atoms with van der Waals surface area (Å²) in [5, 5.41) is 6.77. The average Bonchev–Trinajstić information content (AvgIpc) is 2.66. The molecule has 2 aromatic carbocycles. The summed E-state index contributed by atoms with van der Waals surface area (Å²) in [4.78, 5) is 12.9. The van der Waals surface area contributed by atoms with E-state index in [1.165, 1.54) is 0 Å². The van der Waals surface area contributed by atoms with E-state index in [0.29, 0.717) is 37.5 Å². The van der Waals surface area contributed by atoms with Crippen molar-refractivity contribution in [1.29, 1.82) is 0 Å². The molecule has 0 bridgehead atoms. The minimum Gasteiger partial charge on any atom is -0.352 e. The molecule has 3 rings (SSSR count).